The standard InChI is InChI=1S/C23H30O4/c1-17-9-8-10-18(15-17)16-21(22(24)26-19-11-4-2-5-12-19)23(25)27-20-13-6-3-7-14-20/h8-10,15-16,19-20H,2-7,11-14H2,1H3. The van der Waals surface area contributed by atoms with Crippen LogP contribution in [0, 0.1) is 6.92 Å². The molecule has 0 spiro atoms. The maximum atomic E-state index is 12.8. The summed E-state index contributed by atoms with van der Waals surface area (Å²) in [5.74, 6) is -1.10. The average Bonchev–Trinajstić information content (AvgIpc) is 2.67. The van der Waals surface area contributed by atoms with Gasteiger partial charge in [0.25, 0.3) is 0 Å². The molecule has 0 unspecified atom stereocenters. The molecular formula is C23H30O4. The summed E-state index contributed by atoms with van der Waals surface area (Å²) >= 11 is 0. The normalized spacial score (nSPS) is 18.6. The van der Waals surface area contributed by atoms with E-state index in [1.165, 1.54) is 12.8 Å². The molecule has 3 rings (SSSR count). The van der Waals surface area contributed by atoms with Gasteiger partial charge < -0.3 is 9.47 Å². The zero-order valence-electron chi connectivity index (χ0n) is 16.2. The summed E-state index contributed by atoms with van der Waals surface area (Å²) in [6, 6.07) is 7.73. The van der Waals surface area contributed by atoms with E-state index >= 15 is 0 Å². The molecule has 0 N–H and O–H groups in total. The van der Waals surface area contributed by atoms with Gasteiger partial charge in [-0.3, -0.25) is 0 Å². The van der Waals surface area contributed by atoms with E-state index in [2.05, 4.69) is 0 Å². The van der Waals surface area contributed by atoms with Crippen LogP contribution in [-0.4, -0.2) is 24.1 Å². The van der Waals surface area contributed by atoms with Gasteiger partial charge in [-0.1, -0.05) is 42.7 Å². The van der Waals surface area contributed by atoms with Crippen molar-refractivity contribution in [1.82, 2.24) is 0 Å². The second-order valence-electron chi connectivity index (χ2n) is 7.80. The number of esters is 2. The molecule has 2 aliphatic carbocycles. The molecule has 0 heterocycles. The van der Waals surface area contributed by atoms with Crippen molar-refractivity contribution in [3.63, 3.8) is 0 Å². The molecule has 0 aromatic heterocycles. The Morgan fingerprint density at radius 2 is 1.37 bits per heavy atom. The highest BCUT2D eigenvalue weighted by molar-refractivity contribution is 6.17. The molecule has 2 aliphatic rings. The summed E-state index contributed by atoms with van der Waals surface area (Å²) in [5, 5.41) is 0. The van der Waals surface area contributed by atoms with Crippen LogP contribution in [0.5, 0.6) is 0 Å². The summed E-state index contributed by atoms with van der Waals surface area (Å²) < 4.78 is 11.3. The first-order chi connectivity index (χ1) is 13.1. The first kappa shape index (κ1) is 19.7. The summed E-state index contributed by atoms with van der Waals surface area (Å²) in [6.45, 7) is 1.98. The van der Waals surface area contributed by atoms with E-state index in [4.69, 9.17) is 9.47 Å². The van der Waals surface area contributed by atoms with Crippen molar-refractivity contribution >= 4 is 18.0 Å². The third-order valence-electron chi connectivity index (χ3n) is 5.44. The molecule has 0 aliphatic heterocycles. The Hall–Kier alpha value is -2.10. The molecule has 4 nitrogen and oxygen atoms in total. The number of hydrogen-bond donors (Lipinski definition) is 0. The van der Waals surface area contributed by atoms with Crippen LogP contribution in [0.3, 0.4) is 0 Å². The molecule has 4 heteroatoms. The van der Waals surface area contributed by atoms with Gasteiger partial charge in [-0.05, 0) is 69.9 Å². The monoisotopic (exact) mass is 370 g/mol. The zero-order chi connectivity index (χ0) is 19.1. The fourth-order valence-corrected chi connectivity index (χ4v) is 3.92. The molecule has 0 saturated heterocycles. The van der Waals surface area contributed by atoms with Crippen LogP contribution in [0.25, 0.3) is 6.08 Å². The molecule has 1 aromatic carbocycles. The predicted octanol–water partition coefficient (Wildman–Crippen LogP) is 5.13. The van der Waals surface area contributed by atoms with E-state index in [1.807, 2.05) is 31.2 Å². The van der Waals surface area contributed by atoms with Crippen LogP contribution < -0.4 is 0 Å². The Bertz CT molecular complexity index is 645. The second-order valence-corrected chi connectivity index (χ2v) is 7.80. The molecule has 146 valence electrons. The first-order valence-corrected chi connectivity index (χ1v) is 10.3. The van der Waals surface area contributed by atoms with Crippen molar-refractivity contribution < 1.29 is 19.1 Å². The van der Waals surface area contributed by atoms with Gasteiger partial charge in [0.1, 0.15) is 17.8 Å². The number of benzene rings is 1. The maximum absolute atomic E-state index is 12.8. The van der Waals surface area contributed by atoms with E-state index in [0.717, 1.165) is 62.5 Å². The summed E-state index contributed by atoms with van der Waals surface area (Å²) in [4.78, 5) is 25.6. The number of ether oxygens (including phenoxy) is 2. The van der Waals surface area contributed by atoms with Crippen molar-refractivity contribution in [2.75, 3.05) is 0 Å². The number of carbonyl (C=O) groups excluding carboxylic acids is 2. The number of aryl methyl sites for hydroxylation is 1. The van der Waals surface area contributed by atoms with Crippen molar-refractivity contribution in [1.29, 1.82) is 0 Å². The lowest BCUT2D eigenvalue weighted by Gasteiger charge is -2.24. The van der Waals surface area contributed by atoms with Crippen LogP contribution in [0.2, 0.25) is 0 Å². The fraction of sp³-hybridized carbons (Fsp3) is 0.565. The van der Waals surface area contributed by atoms with Gasteiger partial charge in [0.2, 0.25) is 0 Å². The fourth-order valence-electron chi connectivity index (χ4n) is 3.92. The number of rotatable bonds is 5. The highest BCUT2D eigenvalue weighted by atomic mass is 16.6. The Morgan fingerprint density at radius 3 is 1.85 bits per heavy atom. The smallest absolute Gasteiger partial charge is 0.345 e. The van der Waals surface area contributed by atoms with E-state index in [9.17, 15) is 9.59 Å². The highest BCUT2D eigenvalue weighted by Gasteiger charge is 2.28. The van der Waals surface area contributed by atoms with Crippen molar-refractivity contribution in [2.45, 2.75) is 83.3 Å². The molecule has 27 heavy (non-hydrogen) atoms. The predicted molar refractivity (Wildman–Crippen MR) is 105 cm³/mol. The topological polar surface area (TPSA) is 52.6 Å². The molecule has 0 atom stereocenters. The van der Waals surface area contributed by atoms with Crippen LogP contribution in [-0.2, 0) is 19.1 Å². The largest absolute Gasteiger partial charge is 0.459 e. The minimum atomic E-state index is -0.552. The van der Waals surface area contributed by atoms with E-state index in [-0.39, 0.29) is 17.8 Å². The minimum absolute atomic E-state index is 0.0109. The van der Waals surface area contributed by atoms with Crippen LogP contribution >= 0.6 is 0 Å². The molecule has 2 saturated carbocycles. The Labute approximate surface area is 161 Å². The van der Waals surface area contributed by atoms with Crippen molar-refractivity contribution in [2.24, 2.45) is 0 Å². The Morgan fingerprint density at radius 1 is 0.852 bits per heavy atom. The molecule has 1 aromatic rings. The zero-order valence-corrected chi connectivity index (χ0v) is 16.2. The Kier molecular flexibility index (Phi) is 7.08. The third-order valence-corrected chi connectivity index (χ3v) is 5.44. The first-order valence-electron chi connectivity index (χ1n) is 10.3. The number of carbonyl (C=O) groups is 2. The van der Waals surface area contributed by atoms with Crippen LogP contribution in [0.4, 0.5) is 0 Å². The van der Waals surface area contributed by atoms with Gasteiger partial charge in [0.05, 0.1) is 0 Å². The summed E-state index contributed by atoms with van der Waals surface area (Å²) in [5.41, 5.74) is 1.90. The summed E-state index contributed by atoms with van der Waals surface area (Å²) in [6.07, 6.45) is 11.6. The molecule has 0 amide bonds. The highest BCUT2D eigenvalue weighted by Crippen LogP contribution is 2.24. The van der Waals surface area contributed by atoms with Gasteiger partial charge >= 0.3 is 11.9 Å². The maximum Gasteiger partial charge on any atom is 0.345 e. The van der Waals surface area contributed by atoms with E-state index < -0.39 is 11.9 Å². The minimum Gasteiger partial charge on any atom is -0.459 e. The van der Waals surface area contributed by atoms with Crippen LogP contribution in [0.15, 0.2) is 29.8 Å². The lowest BCUT2D eigenvalue weighted by atomic mass is 9.97. The van der Waals surface area contributed by atoms with Gasteiger partial charge in [-0.15, -0.1) is 0 Å². The molecule has 0 bridgehead atoms. The van der Waals surface area contributed by atoms with Gasteiger partial charge in [-0.2, -0.15) is 0 Å². The van der Waals surface area contributed by atoms with Crippen molar-refractivity contribution in [3.05, 3.63) is 41.0 Å². The SMILES string of the molecule is Cc1cccc(C=C(C(=O)OC2CCCCC2)C(=O)OC2CCCCC2)c1. The van der Waals surface area contributed by atoms with Gasteiger partial charge in [0, 0.05) is 0 Å². The summed E-state index contributed by atoms with van der Waals surface area (Å²) in [7, 11) is 0. The molecule has 0 radical (unpaired) electrons. The van der Waals surface area contributed by atoms with E-state index in [0.29, 0.717) is 0 Å². The lowest BCUT2D eigenvalue weighted by Crippen LogP contribution is -2.28. The molecule has 2 fully saturated rings. The quantitative estimate of drug-likeness (QED) is 0.312. The second kappa shape index (κ2) is 9.72. The van der Waals surface area contributed by atoms with Gasteiger partial charge in [-0.25, -0.2) is 9.59 Å². The molecular weight excluding hydrogens is 340 g/mol. The van der Waals surface area contributed by atoms with Crippen LogP contribution in [0.1, 0.15) is 75.3 Å². The Balaban J connectivity index is 1.76. The number of hydrogen-bond acceptors (Lipinski definition) is 4. The van der Waals surface area contributed by atoms with Gasteiger partial charge in [0.15, 0.2) is 0 Å². The van der Waals surface area contributed by atoms with Crippen molar-refractivity contribution in [3.8, 4) is 0 Å². The lowest BCUT2D eigenvalue weighted by molar-refractivity contribution is -0.154. The average molecular weight is 370 g/mol. The van der Waals surface area contributed by atoms with E-state index in [1.54, 1.807) is 6.08 Å². The third kappa shape index (κ3) is 5.95.